The summed E-state index contributed by atoms with van der Waals surface area (Å²) < 4.78 is 7.04. The summed E-state index contributed by atoms with van der Waals surface area (Å²) in [4.78, 5) is 12.7. The predicted molar refractivity (Wildman–Crippen MR) is 136 cm³/mol. The van der Waals surface area contributed by atoms with Crippen molar-refractivity contribution in [3.63, 3.8) is 0 Å². The third kappa shape index (κ3) is 5.55. The number of benzene rings is 3. The average Bonchev–Trinajstić information content (AvgIpc) is 3.27. The van der Waals surface area contributed by atoms with E-state index in [4.69, 9.17) is 27.9 Å². The molecule has 4 aromatic rings. The van der Waals surface area contributed by atoms with Gasteiger partial charge in [-0.25, -0.2) is 0 Å². The van der Waals surface area contributed by atoms with Gasteiger partial charge >= 0.3 is 0 Å². The molecule has 0 bridgehead atoms. The number of ether oxygens (including phenoxy) is 1. The highest BCUT2D eigenvalue weighted by molar-refractivity contribution is 7.99. The van der Waals surface area contributed by atoms with E-state index in [0.29, 0.717) is 32.3 Å². The van der Waals surface area contributed by atoms with Crippen LogP contribution < -0.4 is 10.1 Å². The number of hydrogen-bond acceptors (Lipinski definition) is 5. The first kappa shape index (κ1) is 24.1. The first-order valence-corrected chi connectivity index (χ1v) is 12.1. The van der Waals surface area contributed by atoms with Gasteiger partial charge in [-0.05, 0) is 55.0 Å². The van der Waals surface area contributed by atoms with Crippen LogP contribution in [0.2, 0.25) is 10.0 Å². The molecule has 0 aliphatic carbocycles. The number of hydrogen-bond donors (Lipinski definition) is 1. The number of rotatable bonds is 8. The molecule has 6 nitrogen and oxygen atoms in total. The Morgan fingerprint density at radius 1 is 1.03 bits per heavy atom. The molecule has 0 aliphatic rings. The Labute approximate surface area is 212 Å². The zero-order valence-electron chi connectivity index (χ0n) is 18.5. The van der Waals surface area contributed by atoms with Gasteiger partial charge in [-0.3, -0.25) is 9.36 Å². The topological polar surface area (TPSA) is 69.0 Å². The lowest BCUT2D eigenvalue weighted by Crippen LogP contribution is -2.24. The molecule has 174 valence electrons. The number of thioether (sulfide) groups is 1. The monoisotopic (exact) mass is 512 g/mol. The summed E-state index contributed by atoms with van der Waals surface area (Å²) in [7, 11) is 1.58. The molecule has 0 spiro atoms. The summed E-state index contributed by atoms with van der Waals surface area (Å²) in [5.74, 6) is 1.03. The third-order valence-corrected chi connectivity index (χ3v) is 7.01. The van der Waals surface area contributed by atoms with E-state index in [2.05, 4.69) is 34.6 Å². The summed E-state index contributed by atoms with van der Waals surface area (Å²) in [6.07, 6.45) is 0. The molecule has 1 amide bonds. The second kappa shape index (κ2) is 11.0. The maximum Gasteiger partial charge on any atom is 0.251 e. The number of amides is 1. The molecule has 0 radical (unpaired) electrons. The van der Waals surface area contributed by atoms with Crippen LogP contribution in [-0.2, 0) is 6.54 Å². The maximum absolute atomic E-state index is 12.7. The van der Waals surface area contributed by atoms with Crippen LogP contribution in [0.3, 0.4) is 0 Å². The minimum atomic E-state index is -0.224. The Kier molecular flexibility index (Phi) is 7.77. The van der Waals surface area contributed by atoms with Gasteiger partial charge in [0.15, 0.2) is 11.0 Å². The van der Waals surface area contributed by atoms with Gasteiger partial charge in [0.25, 0.3) is 5.91 Å². The van der Waals surface area contributed by atoms with Crippen molar-refractivity contribution < 1.29 is 9.53 Å². The van der Waals surface area contributed by atoms with E-state index in [-0.39, 0.29) is 17.7 Å². The van der Waals surface area contributed by atoms with Gasteiger partial charge < -0.3 is 10.1 Å². The fourth-order valence-electron chi connectivity index (χ4n) is 3.33. The molecule has 9 heteroatoms. The van der Waals surface area contributed by atoms with E-state index in [9.17, 15) is 4.79 Å². The molecule has 1 N–H and O–H groups in total. The van der Waals surface area contributed by atoms with Crippen LogP contribution in [0.15, 0.2) is 78.0 Å². The SMILES string of the molecule is COc1ccc(C(=O)NCc2nnc(SC(C)c3ccccc3)n2-c2ccc(Cl)c(Cl)c2)cc1. The fourth-order valence-corrected chi connectivity index (χ4v) is 4.63. The summed E-state index contributed by atoms with van der Waals surface area (Å²) in [5.41, 5.74) is 2.45. The molecule has 1 heterocycles. The van der Waals surface area contributed by atoms with Gasteiger partial charge in [0.05, 0.1) is 29.4 Å². The van der Waals surface area contributed by atoms with Gasteiger partial charge in [-0.2, -0.15) is 0 Å². The molecule has 1 aromatic heterocycles. The summed E-state index contributed by atoms with van der Waals surface area (Å²) in [6, 6.07) is 22.4. The van der Waals surface area contributed by atoms with E-state index >= 15 is 0 Å². The first-order chi connectivity index (χ1) is 16.5. The van der Waals surface area contributed by atoms with Crippen molar-refractivity contribution in [3.05, 3.63) is 99.8 Å². The number of methoxy groups -OCH3 is 1. The zero-order valence-corrected chi connectivity index (χ0v) is 20.9. The molecule has 3 aromatic carbocycles. The fraction of sp³-hybridized carbons (Fsp3) is 0.160. The Balaban J connectivity index is 1.61. The van der Waals surface area contributed by atoms with Crippen LogP contribution in [-0.4, -0.2) is 27.8 Å². The zero-order chi connectivity index (χ0) is 24.1. The third-order valence-electron chi connectivity index (χ3n) is 5.17. The van der Waals surface area contributed by atoms with Crippen molar-refractivity contribution >= 4 is 40.9 Å². The van der Waals surface area contributed by atoms with E-state index < -0.39 is 0 Å². The Morgan fingerprint density at radius 2 is 1.76 bits per heavy atom. The summed E-state index contributed by atoms with van der Waals surface area (Å²) >= 11 is 14.0. The number of carbonyl (C=O) groups excluding carboxylic acids is 1. The van der Waals surface area contributed by atoms with Crippen LogP contribution in [0.25, 0.3) is 5.69 Å². The lowest BCUT2D eigenvalue weighted by molar-refractivity contribution is 0.0949. The predicted octanol–water partition coefficient (Wildman–Crippen LogP) is 6.37. The van der Waals surface area contributed by atoms with Crippen molar-refractivity contribution in [1.29, 1.82) is 0 Å². The van der Waals surface area contributed by atoms with Crippen LogP contribution in [0.4, 0.5) is 0 Å². The molecular weight excluding hydrogens is 491 g/mol. The Hall–Kier alpha value is -3.00. The van der Waals surface area contributed by atoms with Gasteiger partial charge in [0, 0.05) is 10.8 Å². The van der Waals surface area contributed by atoms with Gasteiger partial charge in [-0.15, -0.1) is 10.2 Å². The largest absolute Gasteiger partial charge is 0.497 e. The van der Waals surface area contributed by atoms with Gasteiger partial charge in [0.1, 0.15) is 5.75 Å². The quantitative estimate of drug-likeness (QED) is 0.278. The van der Waals surface area contributed by atoms with Gasteiger partial charge in [0.2, 0.25) is 0 Å². The van der Waals surface area contributed by atoms with E-state index in [1.54, 1.807) is 55.3 Å². The minimum absolute atomic E-state index is 0.133. The van der Waals surface area contributed by atoms with Crippen molar-refractivity contribution in [2.24, 2.45) is 0 Å². The van der Waals surface area contributed by atoms with E-state index in [0.717, 1.165) is 5.69 Å². The van der Waals surface area contributed by atoms with Crippen molar-refractivity contribution in [3.8, 4) is 11.4 Å². The Bertz CT molecular complexity index is 1280. The van der Waals surface area contributed by atoms with Gasteiger partial charge in [-0.1, -0.05) is 65.3 Å². The van der Waals surface area contributed by atoms with Crippen LogP contribution in [0, 0.1) is 0 Å². The second-order valence-electron chi connectivity index (χ2n) is 7.41. The molecular formula is C25H22Cl2N4O2S. The number of nitrogens with one attached hydrogen (secondary N) is 1. The number of carbonyl (C=O) groups is 1. The van der Waals surface area contributed by atoms with E-state index in [1.165, 1.54) is 5.56 Å². The lowest BCUT2D eigenvalue weighted by atomic mass is 10.2. The van der Waals surface area contributed by atoms with Crippen LogP contribution in [0.5, 0.6) is 5.75 Å². The molecule has 0 saturated heterocycles. The molecule has 4 rings (SSSR count). The summed E-state index contributed by atoms with van der Waals surface area (Å²) in [5, 5.41) is 13.4. The second-order valence-corrected chi connectivity index (χ2v) is 9.54. The standard InChI is InChI=1S/C25H22Cl2N4O2S/c1-16(17-6-4-3-5-7-17)34-25-30-29-23(31(25)19-10-13-21(26)22(27)14-19)15-28-24(32)18-8-11-20(33-2)12-9-18/h3-14,16H,15H2,1-2H3,(H,28,32). The minimum Gasteiger partial charge on any atom is -0.497 e. The summed E-state index contributed by atoms with van der Waals surface area (Å²) in [6.45, 7) is 2.29. The smallest absolute Gasteiger partial charge is 0.251 e. The normalized spacial score (nSPS) is 11.8. The number of halogens is 2. The van der Waals surface area contributed by atoms with Crippen molar-refractivity contribution in [2.75, 3.05) is 7.11 Å². The molecule has 1 atom stereocenters. The number of nitrogens with zero attached hydrogens (tertiary/aromatic N) is 3. The molecule has 0 aliphatic heterocycles. The molecule has 0 fully saturated rings. The van der Waals surface area contributed by atoms with Crippen molar-refractivity contribution in [2.45, 2.75) is 23.9 Å². The van der Waals surface area contributed by atoms with E-state index in [1.807, 2.05) is 28.8 Å². The Morgan fingerprint density at radius 3 is 2.44 bits per heavy atom. The lowest BCUT2D eigenvalue weighted by Gasteiger charge is -2.15. The highest BCUT2D eigenvalue weighted by atomic mass is 35.5. The van der Waals surface area contributed by atoms with Crippen LogP contribution in [0.1, 0.15) is 33.9 Å². The van der Waals surface area contributed by atoms with Crippen LogP contribution >= 0.6 is 35.0 Å². The molecule has 1 unspecified atom stereocenters. The molecule has 34 heavy (non-hydrogen) atoms. The first-order valence-electron chi connectivity index (χ1n) is 10.5. The van der Waals surface area contributed by atoms with Crippen molar-refractivity contribution in [1.82, 2.24) is 20.1 Å². The maximum atomic E-state index is 12.7. The highest BCUT2D eigenvalue weighted by Crippen LogP contribution is 2.36. The average molecular weight is 513 g/mol. The molecule has 0 saturated carbocycles. The highest BCUT2D eigenvalue weighted by Gasteiger charge is 2.19. The number of aromatic nitrogens is 3.